The first-order chi connectivity index (χ1) is 14.0. The lowest BCUT2D eigenvalue weighted by molar-refractivity contribution is 0.197. The third-order valence-electron chi connectivity index (χ3n) is 7.64. The van der Waals surface area contributed by atoms with Gasteiger partial charge >= 0.3 is 0 Å². The van der Waals surface area contributed by atoms with E-state index in [1.165, 1.54) is 31.3 Å². The Kier molecular flexibility index (Phi) is 9.08. The van der Waals surface area contributed by atoms with E-state index in [1.807, 2.05) is 0 Å². The number of allylic oxidation sites excluding steroid dienone is 4. The van der Waals surface area contributed by atoms with Crippen molar-refractivity contribution >= 4 is 8.32 Å². The summed E-state index contributed by atoms with van der Waals surface area (Å²) < 4.78 is 6.66. The minimum absolute atomic E-state index is 0.369. The normalized spacial score (nSPS) is 23.3. The Morgan fingerprint density at radius 3 is 2.17 bits per heavy atom. The number of hydrogen-bond acceptors (Lipinski definition) is 1. The Hall–Kier alpha value is -0.783. The lowest BCUT2D eigenvalue weighted by Gasteiger charge is -2.41. The van der Waals surface area contributed by atoms with E-state index in [9.17, 15) is 0 Å². The predicted molar refractivity (Wildman–Crippen MR) is 135 cm³/mol. The Morgan fingerprint density at radius 2 is 1.67 bits per heavy atom. The molecule has 0 spiro atoms. The van der Waals surface area contributed by atoms with Crippen LogP contribution in [0.25, 0.3) is 0 Å². The van der Waals surface area contributed by atoms with Gasteiger partial charge in [0.25, 0.3) is 0 Å². The van der Waals surface area contributed by atoms with Gasteiger partial charge in [0, 0.05) is 5.57 Å². The summed E-state index contributed by atoms with van der Waals surface area (Å²) in [5.41, 5.74) is 3.57. The van der Waals surface area contributed by atoms with Gasteiger partial charge in [0.05, 0.1) is 6.61 Å². The molecule has 0 amide bonds. The molecule has 0 aromatic carbocycles. The van der Waals surface area contributed by atoms with Crippen molar-refractivity contribution in [2.75, 3.05) is 6.61 Å². The summed E-state index contributed by atoms with van der Waals surface area (Å²) in [4.78, 5) is 0. The van der Waals surface area contributed by atoms with Gasteiger partial charge in [-0.05, 0) is 71.9 Å². The highest BCUT2D eigenvalue weighted by Gasteiger charge is 2.44. The van der Waals surface area contributed by atoms with Crippen molar-refractivity contribution in [3.05, 3.63) is 23.8 Å². The summed E-state index contributed by atoms with van der Waals surface area (Å²) in [5, 5.41) is 0. The van der Waals surface area contributed by atoms with Crippen molar-refractivity contribution in [3.63, 3.8) is 0 Å². The zero-order valence-corrected chi connectivity index (χ0v) is 22.3. The van der Waals surface area contributed by atoms with Crippen LogP contribution in [-0.2, 0) is 4.43 Å². The third kappa shape index (κ3) is 6.61. The van der Waals surface area contributed by atoms with E-state index in [0.29, 0.717) is 34.6 Å². The summed E-state index contributed by atoms with van der Waals surface area (Å²) in [6.45, 7) is 21.8. The minimum Gasteiger partial charge on any atom is -0.405 e. The molecule has 0 bridgehead atoms. The molecule has 1 saturated carbocycles. The van der Waals surface area contributed by atoms with Crippen LogP contribution in [0.4, 0.5) is 0 Å². The van der Waals surface area contributed by atoms with Crippen molar-refractivity contribution in [1.29, 1.82) is 0 Å². The fourth-order valence-electron chi connectivity index (χ4n) is 5.61. The van der Waals surface area contributed by atoms with Crippen LogP contribution in [0.2, 0.25) is 16.6 Å². The van der Waals surface area contributed by atoms with Crippen LogP contribution in [0.3, 0.4) is 0 Å². The molecule has 1 fully saturated rings. The van der Waals surface area contributed by atoms with Gasteiger partial charge in [-0.25, -0.2) is 0 Å². The molecule has 2 rings (SSSR count). The molecule has 0 unspecified atom stereocenters. The highest BCUT2D eigenvalue weighted by Crippen LogP contribution is 2.43. The van der Waals surface area contributed by atoms with Gasteiger partial charge in [0.2, 0.25) is 8.32 Å². The molecule has 0 aliphatic heterocycles. The maximum atomic E-state index is 6.66. The van der Waals surface area contributed by atoms with Crippen LogP contribution in [0.5, 0.6) is 0 Å². The monoisotopic (exact) mass is 428 g/mol. The van der Waals surface area contributed by atoms with Gasteiger partial charge in [-0.1, -0.05) is 92.4 Å². The molecular weight excluding hydrogens is 380 g/mol. The van der Waals surface area contributed by atoms with Crippen molar-refractivity contribution < 1.29 is 4.43 Å². The molecular formula is C28H48OSi. The molecule has 2 heteroatoms. The average molecular weight is 429 g/mol. The van der Waals surface area contributed by atoms with Crippen molar-refractivity contribution in [3.8, 4) is 11.8 Å². The van der Waals surface area contributed by atoms with Crippen LogP contribution in [-0.4, -0.2) is 14.9 Å². The smallest absolute Gasteiger partial charge is 0.201 e. The molecule has 0 heterocycles. The maximum absolute atomic E-state index is 6.66. The first-order valence-corrected chi connectivity index (χ1v) is 14.6. The van der Waals surface area contributed by atoms with E-state index in [0.717, 1.165) is 18.3 Å². The number of rotatable bonds is 8. The average Bonchev–Trinajstić information content (AvgIpc) is 3.45. The van der Waals surface area contributed by atoms with Crippen LogP contribution in [0, 0.1) is 35.0 Å². The summed E-state index contributed by atoms with van der Waals surface area (Å²) in [6.07, 6.45) is 13.7. The predicted octanol–water partition coefficient (Wildman–Crippen LogP) is 8.54. The fourth-order valence-corrected chi connectivity index (χ4v) is 10.9. The number of hydrogen-bond donors (Lipinski definition) is 0. The molecule has 1 nitrogen and oxygen atoms in total. The van der Waals surface area contributed by atoms with Crippen LogP contribution >= 0.6 is 0 Å². The zero-order chi connectivity index (χ0) is 22.5. The Morgan fingerprint density at radius 1 is 1.07 bits per heavy atom. The fraction of sp³-hybridized carbons (Fsp3) is 0.786. The standard InChI is InChI=1S/C28H48OSi/c1-21(2)30(22(3)4,23(5)6)29-19-11-14-25-17-18-27(28(7,8)9)20-26(25)13-10-12-24-15-16-24/h10,12,17,21-24,26-27H,13,15-16,18-20H2,1-9H3/b12-10+/t26-,27-/m1/s1. The third-order valence-corrected chi connectivity index (χ3v) is 13.7. The Labute approximate surface area is 189 Å². The molecule has 0 N–H and O–H groups in total. The lowest BCUT2D eigenvalue weighted by Crippen LogP contribution is -2.47. The van der Waals surface area contributed by atoms with E-state index in [4.69, 9.17) is 4.43 Å². The van der Waals surface area contributed by atoms with E-state index < -0.39 is 8.32 Å². The Balaban J connectivity index is 2.09. The van der Waals surface area contributed by atoms with E-state index in [1.54, 1.807) is 0 Å². The van der Waals surface area contributed by atoms with Gasteiger partial charge in [-0.15, -0.1) is 0 Å². The lowest BCUT2D eigenvalue weighted by atomic mass is 9.69. The summed E-state index contributed by atoms with van der Waals surface area (Å²) in [6, 6.07) is 0. The molecule has 0 aromatic heterocycles. The Bertz CT molecular complexity index is 639. The van der Waals surface area contributed by atoms with Gasteiger partial charge in [0.15, 0.2) is 0 Å². The van der Waals surface area contributed by atoms with E-state index in [-0.39, 0.29) is 0 Å². The van der Waals surface area contributed by atoms with Gasteiger partial charge in [-0.3, -0.25) is 0 Å². The second-order valence-corrected chi connectivity index (χ2v) is 17.3. The zero-order valence-electron chi connectivity index (χ0n) is 21.3. The van der Waals surface area contributed by atoms with Crippen LogP contribution in [0.1, 0.15) is 94.4 Å². The molecule has 2 atom stereocenters. The first kappa shape index (κ1) is 25.5. The molecule has 30 heavy (non-hydrogen) atoms. The quantitative estimate of drug-likeness (QED) is 0.214. The maximum Gasteiger partial charge on any atom is 0.201 e. The van der Waals surface area contributed by atoms with Crippen LogP contribution in [0.15, 0.2) is 23.8 Å². The summed E-state index contributed by atoms with van der Waals surface area (Å²) in [7, 11) is -1.83. The van der Waals surface area contributed by atoms with Crippen molar-refractivity contribution in [2.24, 2.45) is 23.2 Å². The molecule has 2 aliphatic carbocycles. The largest absolute Gasteiger partial charge is 0.405 e. The second kappa shape index (κ2) is 10.7. The van der Waals surface area contributed by atoms with Gasteiger partial charge < -0.3 is 4.43 Å². The van der Waals surface area contributed by atoms with Crippen molar-refractivity contribution in [2.45, 2.75) is 111 Å². The molecule has 0 saturated heterocycles. The summed E-state index contributed by atoms with van der Waals surface area (Å²) >= 11 is 0. The van der Waals surface area contributed by atoms with E-state index in [2.05, 4.69) is 92.4 Å². The van der Waals surface area contributed by atoms with E-state index >= 15 is 0 Å². The van der Waals surface area contributed by atoms with Crippen LogP contribution < -0.4 is 0 Å². The topological polar surface area (TPSA) is 9.23 Å². The summed E-state index contributed by atoms with van der Waals surface area (Å²) in [5.74, 6) is 9.19. The SMILES string of the molecule is CC(C)[Si](OCC#CC1=CC[C@@H](C(C)(C)C)C[C@H]1C/C=C/C1CC1)(C(C)C)C(C)C. The van der Waals surface area contributed by atoms with Gasteiger partial charge in [-0.2, -0.15) is 0 Å². The molecule has 0 radical (unpaired) electrons. The van der Waals surface area contributed by atoms with Gasteiger partial charge in [0.1, 0.15) is 0 Å². The minimum atomic E-state index is -1.83. The van der Waals surface area contributed by atoms with Crippen molar-refractivity contribution in [1.82, 2.24) is 0 Å². The first-order valence-electron chi connectivity index (χ1n) is 12.5. The second-order valence-electron chi connectivity index (χ2n) is 11.8. The molecule has 2 aliphatic rings. The molecule has 0 aromatic rings. The highest BCUT2D eigenvalue weighted by atomic mass is 28.4. The highest BCUT2D eigenvalue weighted by molar-refractivity contribution is 6.77. The molecule has 170 valence electrons.